The summed E-state index contributed by atoms with van der Waals surface area (Å²) < 4.78 is 6.42. The molecule has 0 aliphatic heterocycles. The Morgan fingerprint density at radius 1 is 1.55 bits per heavy atom. The minimum absolute atomic E-state index is 0.179. The van der Waals surface area contributed by atoms with Gasteiger partial charge in [0.2, 0.25) is 0 Å². The van der Waals surface area contributed by atoms with Crippen LogP contribution in [0.25, 0.3) is 10.2 Å². The molecule has 2 aromatic heterocycles. The highest BCUT2D eigenvalue weighted by Gasteiger charge is 2.19. The lowest BCUT2D eigenvalue weighted by molar-refractivity contribution is 0.0531. The van der Waals surface area contributed by atoms with Gasteiger partial charge in [-0.15, -0.1) is 17.3 Å². The first kappa shape index (κ1) is 14.3. The number of fused-ring (bicyclic) bond motifs is 1. The van der Waals surface area contributed by atoms with Gasteiger partial charge in [-0.3, -0.25) is 9.36 Å². The Labute approximate surface area is 120 Å². The molecular weight excluding hydrogens is 276 g/mol. The Kier molecular flexibility index (Phi) is 4.20. The van der Waals surface area contributed by atoms with E-state index in [1.165, 1.54) is 22.2 Å². The second-order valence-electron chi connectivity index (χ2n) is 4.06. The lowest BCUT2D eigenvalue weighted by Crippen LogP contribution is -2.20. The van der Waals surface area contributed by atoms with Gasteiger partial charge >= 0.3 is 5.97 Å². The SMILES string of the molecule is CC#CCn1cnc2sc(C(=O)OCC)c(C)c2c1=O. The Morgan fingerprint density at radius 2 is 2.30 bits per heavy atom. The predicted octanol–water partition coefficient (Wildman–Crippen LogP) is 1.97. The summed E-state index contributed by atoms with van der Waals surface area (Å²) in [6.07, 6.45) is 1.46. The Balaban J connectivity index is 2.60. The van der Waals surface area contributed by atoms with Crippen molar-refractivity contribution < 1.29 is 9.53 Å². The van der Waals surface area contributed by atoms with Crippen molar-refractivity contribution in [2.24, 2.45) is 0 Å². The van der Waals surface area contributed by atoms with Gasteiger partial charge in [0, 0.05) is 0 Å². The lowest BCUT2D eigenvalue weighted by Gasteiger charge is -2.00. The molecule has 0 bridgehead atoms. The van der Waals surface area contributed by atoms with Crippen LogP contribution >= 0.6 is 11.3 Å². The minimum Gasteiger partial charge on any atom is -0.462 e. The molecule has 0 radical (unpaired) electrons. The Bertz CT molecular complexity index is 777. The van der Waals surface area contributed by atoms with Crippen molar-refractivity contribution in [3.63, 3.8) is 0 Å². The van der Waals surface area contributed by atoms with Crippen molar-refractivity contribution in [1.29, 1.82) is 0 Å². The molecule has 0 aromatic carbocycles. The highest BCUT2D eigenvalue weighted by Crippen LogP contribution is 2.27. The number of rotatable bonds is 3. The van der Waals surface area contributed by atoms with Crippen molar-refractivity contribution in [3.8, 4) is 11.8 Å². The van der Waals surface area contributed by atoms with Crippen LogP contribution in [-0.2, 0) is 11.3 Å². The van der Waals surface area contributed by atoms with Gasteiger partial charge in [-0.1, -0.05) is 5.92 Å². The molecule has 0 fully saturated rings. The molecule has 2 aromatic rings. The van der Waals surface area contributed by atoms with Gasteiger partial charge in [0.1, 0.15) is 9.71 Å². The van der Waals surface area contributed by atoms with Crippen LogP contribution in [-0.4, -0.2) is 22.1 Å². The quantitative estimate of drug-likeness (QED) is 0.640. The third-order valence-electron chi connectivity index (χ3n) is 2.80. The number of aryl methyl sites for hydroxylation is 1. The van der Waals surface area contributed by atoms with Crippen LogP contribution in [0, 0.1) is 18.8 Å². The number of esters is 1. The maximum Gasteiger partial charge on any atom is 0.348 e. The largest absolute Gasteiger partial charge is 0.462 e. The third-order valence-corrected chi connectivity index (χ3v) is 3.98. The van der Waals surface area contributed by atoms with E-state index in [4.69, 9.17) is 4.74 Å². The van der Waals surface area contributed by atoms with E-state index in [0.717, 1.165) is 0 Å². The van der Waals surface area contributed by atoms with Crippen molar-refractivity contribution in [3.05, 3.63) is 27.1 Å². The average molecular weight is 290 g/mol. The van der Waals surface area contributed by atoms with Crippen molar-refractivity contribution >= 4 is 27.5 Å². The van der Waals surface area contributed by atoms with E-state index >= 15 is 0 Å². The van der Waals surface area contributed by atoms with Gasteiger partial charge in [-0.25, -0.2) is 9.78 Å². The summed E-state index contributed by atoms with van der Waals surface area (Å²) >= 11 is 1.18. The van der Waals surface area contributed by atoms with Gasteiger partial charge in [-0.05, 0) is 26.3 Å². The van der Waals surface area contributed by atoms with Gasteiger partial charge < -0.3 is 4.74 Å². The number of hydrogen-bond acceptors (Lipinski definition) is 5. The second kappa shape index (κ2) is 5.88. The zero-order chi connectivity index (χ0) is 14.7. The number of hydrogen-bond donors (Lipinski definition) is 0. The molecule has 5 nitrogen and oxygen atoms in total. The minimum atomic E-state index is -0.410. The van der Waals surface area contributed by atoms with Gasteiger partial charge in [0.15, 0.2) is 0 Å². The fourth-order valence-electron chi connectivity index (χ4n) is 1.83. The number of ether oxygens (including phenoxy) is 1. The lowest BCUT2D eigenvalue weighted by atomic mass is 10.2. The number of carbonyl (C=O) groups excluding carboxylic acids is 1. The smallest absolute Gasteiger partial charge is 0.348 e. The molecule has 0 unspecified atom stereocenters. The Hall–Kier alpha value is -2.13. The van der Waals surface area contributed by atoms with Crippen LogP contribution in [0.2, 0.25) is 0 Å². The molecule has 0 aliphatic rings. The molecule has 104 valence electrons. The molecule has 0 aliphatic carbocycles. The summed E-state index contributed by atoms with van der Waals surface area (Å²) in [4.78, 5) is 29.4. The summed E-state index contributed by atoms with van der Waals surface area (Å²) in [6, 6.07) is 0. The van der Waals surface area contributed by atoms with Gasteiger partial charge in [0.05, 0.1) is 24.9 Å². The van der Waals surface area contributed by atoms with E-state index in [1.807, 2.05) is 0 Å². The van der Waals surface area contributed by atoms with Crippen molar-refractivity contribution in [1.82, 2.24) is 9.55 Å². The summed E-state index contributed by atoms with van der Waals surface area (Å²) in [6.45, 7) is 5.80. The van der Waals surface area contributed by atoms with Crippen LogP contribution in [0.1, 0.15) is 29.1 Å². The molecule has 0 N–H and O–H groups in total. The zero-order valence-corrected chi connectivity index (χ0v) is 12.3. The van der Waals surface area contributed by atoms with Crippen LogP contribution in [0.4, 0.5) is 0 Å². The summed E-state index contributed by atoms with van der Waals surface area (Å²) in [5, 5.41) is 0.471. The summed E-state index contributed by atoms with van der Waals surface area (Å²) in [5.41, 5.74) is 0.446. The first-order valence-electron chi connectivity index (χ1n) is 6.15. The zero-order valence-electron chi connectivity index (χ0n) is 11.5. The maximum atomic E-state index is 12.4. The number of nitrogens with zero attached hydrogens (tertiary/aromatic N) is 2. The molecule has 20 heavy (non-hydrogen) atoms. The number of thiophene rings is 1. The van der Waals surface area contributed by atoms with E-state index in [2.05, 4.69) is 16.8 Å². The number of carbonyl (C=O) groups is 1. The average Bonchev–Trinajstić information content (AvgIpc) is 2.76. The van der Waals surface area contributed by atoms with Crippen LogP contribution in [0.5, 0.6) is 0 Å². The van der Waals surface area contributed by atoms with E-state index < -0.39 is 5.97 Å². The summed E-state index contributed by atoms with van der Waals surface area (Å²) in [5.74, 6) is 5.15. The van der Waals surface area contributed by atoms with E-state index in [1.54, 1.807) is 20.8 Å². The number of aromatic nitrogens is 2. The van der Waals surface area contributed by atoms with Gasteiger partial charge in [0.25, 0.3) is 5.56 Å². The van der Waals surface area contributed by atoms with Crippen LogP contribution < -0.4 is 5.56 Å². The Morgan fingerprint density at radius 3 is 2.95 bits per heavy atom. The van der Waals surface area contributed by atoms with E-state index in [-0.39, 0.29) is 5.56 Å². The fourth-order valence-corrected chi connectivity index (χ4v) is 2.86. The third kappa shape index (κ3) is 2.45. The molecule has 0 saturated heterocycles. The molecule has 6 heteroatoms. The molecular formula is C14H14N2O3S. The molecule has 2 heterocycles. The molecule has 0 saturated carbocycles. The standard InChI is InChI=1S/C14H14N2O3S/c1-4-6-7-16-8-15-12-10(13(16)17)9(3)11(20-12)14(18)19-5-2/h8H,5,7H2,1-3H3. The predicted molar refractivity (Wildman–Crippen MR) is 78.0 cm³/mol. The van der Waals surface area contributed by atoms with Crippen LogP contribution in [0.15, 0.2) is 11.1 Å². The normalized spacial score (nSPS) is 10.2. The van der Waals surface area contributed by atoms with E-state index in [0.29, 0.717) is 33.8 Å². The first-order chi connectivity index (χ1) is 9.60. The molecule has 0 spiro atoms. The topological polar surface area (TPSA) is 61.2 Å². The molecule has 0 amide bonds. The fraction of sp³-hybridized carbons (Fsp3) is 0.357. The highest BCUT2D eigenvalue weighted by molar-refractivity contribution is 7.20. The molecule has 2 rings (SSSR count). The monoisotopic (exact) mass is 290 g/mol. The van der Waals surface area contributed by atoms with Crippen molar-refractivity contribution in [2.75, 3.05) is 6.61 Å². The van der Waals surface area contributed by atoms with E-state index in [9.17, 15) is 9.59 Å². The first-order valence-corrected chi connectivity index (χ1v) is 6.97. The molecule has 0 atom stereocenters. The summed E-state index contributed by atoms with van der Waals surface area (Å²) in [7, 11) is 0. The maximum absolute atomic E-state index is 12.4. The van der Waals surface area contributed by atoms with Crippen LogP contribution in [0.3, 0.4) is 0 Å². The highest BCUT2D eigenvalue weighted by atomic mass is 32.1. The van der Waals surface area contributed by atoms with Gasteiger partial charge in [-0.2, -0.15) is 0 Å². The second-order valence-corrected chi connectivity index (χ2v) is 5.06. The van der Waals surface area contributed by atoms with Crippen molar-refractivity contribution in [2.45, 2.75) is 27.3 Å².